The van der Waals surface area contributed by atoms with Gasteiger partial charge < -0.3 is 10.6 Å². The summed E-state index contributed by atoms with van der Waals surface area (Å²) in [5.41, 5.74) is 3.76. The summed E-state index contributed by atoms with van der Waals surface area (Å²) in [4.78, 5) is 30.9. The lowest BCUT2D eigenvalue weighted by atomic mass is 10.1. The number of fused-ring (bicyclic) bond motifs is 1. The molecule has 0 aliphatic heterocycles. The van der Waals surface area contributed by atoms with Gasteiger partial charge >= 0.3 is 0 Å². The molecule has 2 amide bonds. The van der Waals surface area contributed by atoms with Crippen molar-refractivity contribution in [2.24, 2.45) is 0 Å². The van der Waals surface area contributed by atoms with E-state index < -0.39 is 6.04 Å². The Bertz CT molecular complexity index is 1330. The molecule has 0 saturated heterocycles. The number of rotatable bonds is 7. The molecule has 35 heavy (non-hydrogen) atoms. The Kier molecular flexibility index (Phi) is 6.57. The molecular formula is C28H29N5O2. The zero-order valence-corrected chi connectivity index (χ0v) is 19.8. The quantitative estimate of drug-likeness (QED) is 0.424. The van der Waals surface area contributed by atoms with Crippen LogP contribution in [0.15, 0.2) is 72.9 Å². The van der Waals surface area contributed by atoms with Gasteiger partial charge in [-0.05, 0) is 31.4 Å². The molecular weight excluding hydrogens is 438 g/mol. The van der Waals surface area contributed by atoms with Crippen LogP contribution < -0.4 is 10.6 Å². The van der Waals surface area contributed by atoms with Crippen molar-refractivity contribution < 1.29 is 9.59 Å². The third-order valence-electron chi connectivity index (χ3n) is 6.54. The number of hydrogen-bond donors (Lipinski definition) is 2. The summed E-state index contributed by atoms with van der Waals surface area (Å²) in [6, 6.07) is 21.1. The standard InChI is InChI=1S/C28H29N5O2/c1-19(27(34)31-22-14-8-9-15-22)30-28(35)23-16-25(21-12-6-3-7-13-21)32-26-24(23)17-29-33(26)18-20-10-4-2-5-11-20/h2-7,10-13,16-17,19,22H,8-9,14-15,18H2,1H3,(H,30,35)(H,31,34)/t19-/m0/s1. The lowest BCUT2D eigenvalue weighted by Crippen LogP contribution is -2.47. The van der Waals surface area contributed by atoms with Crippen LogP contribution >= 0.6 is 0 Å². The van der Waals surface area contributed by atoms with E-state index in [1.54, 1.807) is 19.2 Å². The molecule has 1 aliphatic rings. The Morgan fingerprint density at radius 2 is 1.71 bits per heavy atom. The monoisotopic (exact) mass is 467 g/mol. The average Bonchev–Trinajstić information content (AvgIpc) is 3.54. The zero-order valence-electron chi connectivity index (χ0n) is 19.8. The number of hydrogen-bond acceptors (Lipinski definition) is 4. The van der Waals surface area contributed by atoms with Gasteiger partial charge in [-0.3, -0.25) is 9.59 Å². The second-order valence-electron chi connectivity index (χ2n) is 9.13. The Morgan fingerprint density at radius 1 is 1.03 bits per heavy atom. The number of pyridine rings is 1. The first kappa shape index (κ1) is 22.8. The van der Waals surface area contributed by atoms with E-state index in [0.29, 0.717) is 28.8 Å². The maximum atomic E-state index is 13.4. The number of nitrogens with zero attached hydrogens (tertiary/aromatic N) is 3. The van der Waals surface area contributed by atoms with Gasteiger partial charge in [0, 0.05) is 11.6 Å². The highest BCUT2D eigenvalue weighted by molar-refractivity contribution is 6.07. The second kappa shape index (κ2) is 10.1. The van der Waals surface area contributed by atoms with Crippen LogP contribution in [0.1, 0.15) is 48.5 Å². The smallest absolute Gasteiger partial charge is 0.252 e. The summed E-state index contributed by atoms with van der Waals surface area (Å²) in [5.74, 6) is -0.471. The molecule has 2 aromatic carbocycles. The molecule has 178 valence electrons. The minimum absolute atomic E-state index is 0.154. The highest BCUT2D eigenvalue weighted by atomic mass is 16.2. The highest BCUT2D eigenvalue weighted by Crippen LogP contribution is 2.25. The van der Waals surface area contributed by atoms with Crippen LogP contribution in [0.25, 0.3) is 22.3 Å². The maximum absolute atomic E-state index is 13.4. The topological polar surface area (TPSA) is 88.9 Å². The molecule has 0 unspecified atom stereocenters. The van der Waals surface area contributed by atoms with Gasteiger partial charge in [-0.2, -0.15) is 5.10 Å². The first-order valence-corrected chi connectivity index (χ1v) is 12.2. The minimum Gasteiger partial charge on any atom is -0.352 e. The summed E-state index contributed by atoms with van der Waals surface area (Å²) in [5, 5.41) is 11.1. The molecule has 0 bridgehead atoms. The number of nitrogens with one attached hydrogen (secondary N) is 2. The van der Waals surface area contributed by atoms with E-state index >= 15 is 0 Å². The van der Waals surface area contributed by atoms with Crippen LogP contribution in [-0.2, 0) is 11.3 Å². The molecule has 1 atom stereocenters. The van der Waals surface area contributed by atoms with Crippen molar-refractivity contribution in [3.63, 3.8) is 0 Å². The minimum atomic E-state index is -0.647. The molecule has 1 saturated carbocycles. The Morgan fingerprint density at radius 3 is 2.43 bits per heavy atom. The third kappa shape index (κ3) is 5.09. The Balaban J connectivity index is 1.47. The van der Waals surface area contributed by atoms with Crippen LogP contribution in [0.5, 0.6) is 0 Å². The van der Waals surface area contributed by atoms with Crippen LogP contribution in [0.2, 0.25) is 0 Å². The molecule has 2 N–H and O–H groups in total. The molecule has 2 heterocycles. The predicted molar refractivity (Wildman–Crippen MR) is 136 cm³/mol. The average molecular weight is 468 g/mol. The lowest BCUT2D eigenvalue weighted by Gasteiger charge is -2.18. The van der Waals surface area contributed by atoms with Gasteiger partial charge in [0.25, 0.3) is 5.91 Å². The molecule has 1 fully saturated rings. The second-order valence-corrected chi connectivity index (χ2v) is 9.13. The van der Waals surface area contributed by atoms with Gasteiger partial charge in [-0.15, -0.1) is 0 Å². The number of carbonyl (C=O) groups is 2. The van der Waals surface area contributed by atoms with Crippen molar-refractivity contribution in [2.45, 2.75) is 51.2 Å². The molecule has 0 radical (unpaired) electrons. The van der Waals surface area contributed by atoms with Gasteiger partial charge in [0.2, 0.25) is 5.91 Å². The summed E-state index contributed by atoms with van der Waals surface area (Å²) in [7, 11) is 0. The first-order valence-electron chi connectivity index (χ1n) is 12.2. The van der Waals surface area contributed by atoms with Gasteiger partial charge in [0.1, 0.15) is 6.04 Å². The fraction of sp³-hybridized carbons (Fsp3) is 0.286. The molecule has 5 rings (SSSR count). The van der Waals surface area contributed by atoms with Crippen molar-refractivity contribution in [2.75, 3.05) is 0 Å². The summed E-state index contributed by atoms with van der Waals surface area (Å²) in [6.07, 6.45) is 5.95. The normalized spacial score (nSPS) is 14.7. The molecule has 1 aliphatic carbocycles. The summed E-state index contributed by atoms with van der Waals surface area (Å²) >= 11 is 0. The Labute approximate surface area is 204 Å². The van der Waals surface area contributed by atoms with Crippen LogP contribution in [0.4, 0.5) is 0 Å². The van der Waals surface area contributed by atoms with E-state index in [1.807, 2.05) is 65.3 Å². The molecule has 4 aromatic rings. The van der Waals surface area contributed by atoms with Crippen molar-refractivity contribution in [3.8, 4) is 11.3 Å². The number of carbonyl (C=O) groups excluding carboxylic acids is 2. The van der Waals surface area contributed by atoms with E-state index in [2.05, 4.69) is 15.7 Å². The van der Waals surface area contributed by atoms with E-state index in [0.717, 1.165) is 36.8 Å². The fourth-order valence-electron chi connectivity index (χ4n) is 4.60. The van der Waals surface area contributed by atoms with Gasteiger partial charge in [-0.1, -0.05) is 73.5 Å². The SMILES string of the molecule is C[C@H](NC(=O)c1cc(-c2ccccc2)nc2c1cnn2Cc1ccccc1)C(=O)NC1CCCC1. The van der Waals surface area contributed by atoms with Gasteiger partial charge in [-0.25, -0.2) is 9.67 Å². The first-order chi connectivity index (χ1) is 17.1. The summed E-state index contributed by atoms with van der Waals surface area (Å²) < 4.78 is 1.81. The molecule has 2 aromatic heterocycles. The van der Waals surface area contributed by atoms with Gasteiger partial charge in [0.15, 0.2) is 5.65 Å². The number of amides is 2. The van der Waals surface area contributed by atoms with Crippen LogP contribution in [0.3, 0.4) is 0 Å². The summed E-state index contributed by atoms with van der Waals surface area (Å²) in [6.45, 7) is 2.26. The van der Waals surface area contributed by atoms with Crippen molar-refractivity contribution in [1.82, 2.24) is 25.4 Å². The molecule has 0 spiro atoms. The van der Waals surface area contributed by atoms with Crippen LogP contribution in [0, 0.1) is 0 Å². The fourth-order valence-corrected chi connectivity index (χ4v) is 4.60. The van der Waals surface area contributed by atoms with E-state index in [1.165, 1.54) is 0 Å². The van der Waals surface area contributed by atoms with E-state index in [9.17, 15) is 9.59 Å². The van der Waals surface area contributed by atoms with Crippen molar-refractivity contribution in [1.29, 1.82) is 0 Å². The van der Waals surface area contributed by atoms with Crippen molar-refractivity contribution >= 4 is 22.8 Å². The largest absolute Gasteiger partial charge is 0.352 e. The predicted octanol–water partition coefficient (Wildman–Crippen LogP) is 4.32. The zero-order chi connectivity index (χ0) is 24.2. The van der Waals surface area contributed by atoms with E-state index in [-0.39, 0.29) is 17.9 Å². The lowest BCUT2D eigenvalue weighted by molar-refractivity contribution is -0.123. The maximum Gasteiger partial charge on any atom is 0.252 e. The highest BCUT2D eigenvalue weighted by Gasteiger charge is 2.24. The van der Waals surface area contributed by atoms with Crippen molar-refractivity contribution in [3.05, 3.63) is 84.1 Å². The third-order valence-corrected chi connectivity index (χ3v) is 6.54. The van der Waals surface area contributed by atoms with E-state index in [4.69, 9.17) is 4.98 Å². The van der Waals surface area contributed by atoms with Gasteiger partial charge in [0.05, 0.1) is 29.4 Å². The Hall–Kier alpha value is -4.00. The van der Waals surface area contributed by atoms with Crippen LogP contribution in [-0.4, -0.2) is 38.7 Å². The number of benzene rings is 2. The molecule has 7 nitrogen and oxygen atoms in total. The molecule has 7 heteroatoms. The number of aromatic nitrogens is 3.